The van der Waals surface area contributed by atoms with Crippen molar-refractivity contribution < 1.29 is 18.7 Å². The number of amides is 1. The molecule has 1 aliphatic carbocycles. The van der Waals surface area contributed by atoms with Gasteiger partial charge in [-0.2, -0.15) is 10.2 Å². The summed E-state index contributed by atoms with van der Waals surface area (Å²) in [5, 5.41) is 17.4. The largest absolute Gasteiger partial charge is 0.441 e. The van der Waals surface area contributed by atoms with Gasteiger partial charge in [0.15, 0.2) is 18.1 Å². The van der Waals surface area contributed by atoms with Crippen LogP contribution in [0.5, 0.6) is 0 Å². The predicted octanol–water partition coefficient (Wildman–Crippen LogP) is 2.51. The van der Waals surface area contributed by atoms with Crippen LogP contribution >= 0.6 is 0 Å². The number of alkyl carbamates (subject to hydrolysis) is 1. The Labute approximate surface area is 222 Å². The van der Waals surface area contributed by atoms with E-state index in [2.05, 4.69) is 35.8 Å². The van der Waals surface area contributed by atoms with Crippen LogP contribution in [0.15, 0.2) is 43.0 Å². The number of carbonyl (C=O) groups is 1. The van der Waals surface area contributed by atoms with Crippen molar-refractivity contribution in [2.45, 2.75) is 56.3 Å². The van der Waals surface area contributed by atoms with Gasteiger partial charge in [-0.05, 0) is 31.9 Å². The van der Waals surface area contributed by atoms with E-state index in [0.717, 1.165) is 43.8 Å². The van der Waals surface area contributed by atoms with E-state index in [4.69, 9.17) is 14.5 Å². The van der Waals surface area contributed by atoms with Crippen molar-refractivity contribution in [3.63, 3.8) is 0 Å². The summed E-state index contributed by atoms with van der Waals surface area (Å²) in [6.45, 7) is 4.46. The van der Waals surface area contributed by atoms with Crippen molar-refractivity contribution in [3.05, 3.63) is 54.4 Å². The average Bonchev–Trinajstić information content (AvgIpc) is 3.42. The van der Waals surface area contributed by atoms with Crippen LogP contribution in [-0.2, 0) is 16.0 Å². The van der Waals surface area contributed by atoms with Crippen LogP contribution in [0.25, 0.3) is 5.65 Å². The highest BCUT2D eigenvalue weighted by Crippen LogP contribution is 2.36. The van der Waals surface area contributed by atoms with Gasteiger partial charge in [0.05, 0.1) is 24.0 Å². The summed E-state index contributed by atoms with van der Waals surface area (Å²) in [6.07, 6.45) is 5.14. The quantitative estimate of drug-likeness (QED) is 0.310. The second-order valence-corrected chi connectivity index (χ2v) is 10.7. The van der Waals surface area contributed by atoms with E-state index in [1.54, 1.807) is 18.5 Å². The fraction of sp³-hybridized carbons (Fsp3) is 0.480. The van der Waals surface area contributed by atoms with Crippen LogP contribution in [-0.4, -0.2) is 82.9 Å². The third-order valence-electron chi connectivity index (χ3n) is 7.54. The highest BCUT2D eigenvalue weighted by molar-refractivity contribution is 5.69. The van der Waals surface area contributed by atoms with Gasteiger partial charge in [-0.1, -0.05) is 0 Å². The molecule has 0 aromatic carbocycles. The average molecular weight is 537 g/mol. The molecule has 0 bridgehead atoms. The van der Waals surface area contributed by atoms with Crippen LogP contribution in [0.2, 0.25) is 0 Å². The van der Waals surface area contributed by atoms with Crippen molar-refractivity contribution in [3.8, 4) is 0 Å². The van der Waals surface area contributed by atoms with Crippen molar-refractivity contribution >= 4 is 23.5 Å². The molecular formula is C25H29FN10O3. The second-order valence-electron chi connectivity index (χ2n) is 10.7. The lowest BCUT2D eigenvalue weighted by molar-refractivity contribution is 0.0604. The Morgan fingerprint density at radius 2 is 2.21 bits per heavy atom. The molecule has 3 N–H and O–H groups in total. The van der Waals surface area contributed by atoms with E-state index < -0.39 is 24.5 Å². The summed E-state index contributed by atoms with van der Waals surface area (Å²) in [6, 6.07) is 5.84. The Kier molecular flexibility index (Phi) is 5.74. The smallest absolute Gasteiger partial charge is 0.408 e. The molecule has 1 saturated carbocycles. The molecule has 2 saturated heterocycles. The number of hydrogen-bond donors (Lipinski definition) is 3. The number of aromatic amines is 1. The van der Waals surface area contributed by atoms with E-state index in [0.29, 0.717) is 23.5 Å². The topological polar surface area (TPSA) is 140 Å². The molecule has 3 atom stereocenters. The zero-order valence-corrected chi connectivity index (χ0v) is 21.3. The van der Waals surface area contributed by atoms with Gasteiger partial charge in [-0.3, -0.25) is 19.1 Å². The summed E-state index contributed by atoms with van der Waals surface area (Å²) in [4.78, 5) is 23.6. The third kappa shape index (κ3) is 4.81. The van der Waals surface area contributed by atoms with Crippen LogP contribution in [0.3, 0.4) is 0 Å². The lowest BCUT2D eigenvalue weighted by Gasteiger charge is -2.38. The first-order chi connectivity index (χ1) is 18.9. The number of halogens is 1. The van der Waals surface area contributed by atoms with Gasteiger partial charge in [0, 0.05) is 56.0 Å². The normalized spacial score (nSPS) is 24.5. The SMILES string of the molecule is CC1(NC(=O)O[C@H]2CO[C@@H](c3cc(Nc4nccc5nc(CN6CC(n7cccn7)C6)cn45)n[nH]3)[C@@H]2F)CC1. The fourth-order valence-corrected chi connectivity index (χ4v) is 5.03. The highest BCUT2D eigenvalue weighted by atomic mass is 19.1. The Morgan fingerprint density at radius 1 is 1.33 bits per heavy atom. The Hall–Kier alpha value is -4.04. The lowest BCUT2D eigenvalue weighted by atomic mass is 10.1. The van der Waals surface area contributed by atoms with Gasteiger partial charge in [-0.25, -0.2) is 19.2 Å². The number of nitrogens with one attached hydrogen (secondary N) is 3. The molecule has 0 spiro atoms. The van der Waals surface area contributed by atoms with Crippen molar-refractivity contribution in [2.75, 3.05) is 25.0 Å². The van der Waals surface area contributed by atoms with Crippen molar-refractivity contribution in [1.82, 2.24) is 44.6 Å². The third-order valence-corrected chi connectivity index (χ3v) is 7.54. The standard InChI is InChI=1S/C25H29FN10O3/c1-25(4-5-25)31-24(37)39-18-14-38-22(21(18)26)17-9-19(33-32-17)30-23-27-7-3-20-29-15(11-35(20)23)10-34-12-16(13-34)36-8-2-6-28-36/h2-3,6-9,11,16,18,21-22H,4-5,10,12-14H2,1H3,(H,31,37)(H2,27,30,32,33)/t18-,21+,22-/m0/s1. The van der Waals surface area contributed by atoms with Gasteiger partial charge < -0.3 is 20.1 Å². The van der Waals surface area contributed by atoms with Crippen molar-refractivity contribution in [1.29, 1.82) is 0 Å². The van der Waals surface area contributed by atoms with Gasteiger partial charge in [0.1, 0.15) is 11.8 Å². The zero-order valence-electron chi connectivity index (χ0n) is 21.3. The molecule has 3 fully saturated rings. The van der Waals surface area contributed by atoms with Crippen LogP contribution in [0.1, 0.15) is 43.3 Å². The van der Waals surface area contributed by atoms with Gasteiger partial charge in [0.2, 0.25) is 5.95 Å². The Balaban J connectivity index is 0.982. The number of nitrogens with zero attached hydrogens (tertiary/aromatic N) is 7. The van der Waals surface area contributed by atoms with Crippen molar-refractivity contribution in [2.24, 2.45) is 0 Å². The number of ether oxygens (including phenoxy) is 2. The number of anilines is 2. The minimum Gasteiger partial charge on any atom is -0.441 e. The Morgan fingerprint density at radius 3 is 3.00 bits per heavy atom. The zero-order chi connectivity index (χ0) is 26.6. The molecule has 14 heteroatoms. The second kappa shape index (κ2) is 9.31. The molecule has 6 heterocycles. The molecule has 204 valence electrons. The first kappa shape index (κ1) is 24.0. The predicted molar refractivity (Wildman–Crippen MR) is 136 cm³/mol. The number of carbonyl (C=O) groups excluding carboxylic acids is 1. The highest BCUT2D eigenvalue weighted by Gasteiger charge is 2.44. The van der Waals surface area contributed by atoms with Crippen LogP contribution < -0.4 is 10.6 Å². The summed E-state index contributed by atoms with van der Waals surface area (Å²) in [5.41, 5.74) is 1.88. The maximum Gasteiger partial charge on any atom is 0.408 e. The van der Waals surface area contributed by atoms with Gasteiger partial charge in [0.25, 0.3) is 0 Å². The van der Waals surface area contributed by atoms with E-state index in [9.17, 15) is 4.79 Å². The van der Waals surface area contributed by atoms with E-state index in [-0.39, 0.29) is 12.1 Å². The number of alkyl halides is 1. The molecule has 1 amide bonds. The number of hydrogen-bond acceptors (Lipinski definition) is 9. The number of H-pyrrole nitrogens is 1. The minimum absolute atomic E-state index is 0.0316. The minimum atomic E-state index is -1.52. The molecular weight excluding hydrogens is 507 g/mol. The Bertz CT molecular complexity index is 1480. The lowest BCUT2D eigenvalue weighted by Crippen LogP contribution is -2.47. The van der Waals surface area contributed by atoms with E-state index >= 15 is 4.39 Å². The van der Waals surface area contributed by atoms with Gasteiger partial charge >= 0.3 is 6.09 Å². The number of aromatic nitrogens is 7. The molecule has 13 nitrogen and oxygen atoms in total. The van der Waals surface area contributed by atoms with Crippen LogP contribution in [0, 0.1) is 0 Å². The summed E-state index contributed by atoms with van der Waals surface area (Å²) in [7, 11) is 0. The monoisotopic (exact) mass is 536 g/mol. The van der Waals surface area contributed by atoms with Crippen LogP contribution in [0.4, 0.5) is 21.0 Å². The van der Waals surface area contributed by atoms with E-state index in [1.807, 2.05) is 40.5 Å². The fourth-order valence-electron chi connectivity index (χ4n) is 5.03. The molecule has 7 rings (SSSR count). The maximum absolute atomic E-state index is 15.1. The summed E-state index contributed by atoms with van der Waals surface area (Å²) >= 11 is 0. The molecule has 3 aliphatic rings. The summed E-state index contributed by atoms with van der Waals surface area (Å²) in [5.74, 6) is 0.975. The summed E-state index contributed by atoms with van der Waals surface area (Å²) < 4.78 is 29.9. The molecule has 4 aromatic heterocycles. The molecule has 2 aliphatic heterocycles. The molecule has 0 unspecified atom stereocenters. The maximum atomic E-state index is 15.1. The number of imidazole rings is 1. The number of rotatable bonds is 8. The van der Waals surface area contributed by atoms with Gasteiger partial charge in [-0.15, -0.1) is 0 Å². The molecule has 0 radical (unpaired) electrons. The molecule has 39 heavy (non-hydrogen) atoms. The first-order valence-corrected chi connectivity index (χ1v) is 13.0. The number of likely N-dealkylation sites (tertiary alicyclic amines) is 1. The first-order valence-electron chi connectivity index (χ1n) is 13.0. The molecule has 4 aromatic rings. The number of fused-ring (bicyclic) bond motifs is 1. The van der Waals surface area contributed by atoms with E-state index in [1.165, 1.54) is 0 Å².